The molecule has 0 saturated carbocycles. The van der Waals surface area contributed by atoms with Crippen molar-refractivity contribution in [2.24, 2.45) is 0 Å². The fraction of sp³-hybridized carbons (Fsp3) is 0.130. The molecule has 3 aromatic carbocycles. The molecule has 154 valence electrons. The first-order chi connectivity index (χ1) is 14.5. The zero-order chi connectivity index (χ0) is 21.5. The van der Waals surface area contributed by atoms with Gasteiger partial charge in [-0.15, -0.1) is 0 Å². The lowest BCUT2D eigenvalue weighted by atomic mass is 10.1. The molecule has 0 radical (unpaired) electrons. The van der Waals surface area contributed by atoms with Crippen LogP contribution in [0, 0.1) is 5.82 Å². The lowest BCUT2D eigenvalue weighted by Crippen LogP contribution is -2.17. The zero-order valence-corrected chi connectivity index (χ0v) is 16.6. The Kier molecular flexibility index (Phi) is 6.64. The van der Waals surface area contributed by atoms with Gasteiger partial charge in [0.25, 0.3) is 5.91 Å². The molecule has 3 rings (SSSR count). The van der Waals surface area contributed by atoms with E-state index in [1.54, 1.807) is 54.6 Å². The van der Waals surface area contributed by atoms with Gasteiger partial charge in [0, 0.05) is 17.7 Å². The summed E-state index contributed by atoms with van der Waals surface area (Å²) in [6.07, 6.45) is -0.134. The van der Waals surface area contributed by atoms with Crippen molar-refractivity contribution in [2.45, 2.75) is 6.42 Å². The topological polar surface area (TPSA) is 76.7 Å². The van der Waals surface area contributed by atoms with Crippen LogP contribution in [0.3, 0.4) is 0 Å². The van der Waals surface area contributed by atoms with Crippen molar-refractivity contribution in [1.29, 1.82) is 0 Å². The smallest absolute Gasteiger partial charge is 0.255 e. The van der Waals surface area contributed by atoms with Crippen LogP contribution in [0.2, 0.25) is 0 Å². The van der Waals surface area contributed by atoms with Gasteiger partial charge in [0.1, 0.15) is 17.3 Å². The number of halogens is 1. The number of carbonyl (C=O) groups is 2. The highest BCUT2D eigenvalue weighted by Crippen LogP contribution is 2.36. The highest BCUT2D eigenvalue weighted by atomic mass is 19.1. The molecule has 2 amide bonds. The maximum atomic E-state index is 13.8. The molecule has 30 heavy (non-hydrogen) atoms. The number of hydrogen-bond acceptors (Lipinski definition) is 4. The molecule has 3 aromatic rings. The number of methoxy groups -OCH3 is 2. The number of ether oxygens (including phenoxy) is 2. The van der Waals surface area contributed by atoms with E-state index in [2.05, 4.69) is 10.6 Å². The van der Waals surface area contributed by atoms with Crippen LogP contribution in [-0.4, -0.2) is 26.0 Å². The molecule has 0 bridgehead atoms. The summed E-state index contributed by atoms with van der Waals surface area (Å²) in [7, 11) is 2.89. The summed E-state index contributed by atoms with van der Waals surface area (Å²) in [5.74, 6) is -0.521. The first-order valence-electron chi connectivity index (χ1n) is 9.17. The predicted molar refractivity (Wildman–Crippen MR) is 113 cm³/mol. The molecule has 0 aliphatic carbocycles. The van der Waals surface area contributed by atoms with E-state index in [0.717, 1.165) is 0 Å². The normalized spacial score (nSPS) is 10.2. The van der Waals surface area contributed by atoms with Crippen molar-refractivity contribution in [3.8, 4) is 11.5 Å². The van der Waals surface area contributed by atoms with E-state index < -0.39 is 11.7 Å². The van der Waals surface area contributed by atoms with E-state index in [9.17, 15) is 14.0 Å². The molecule has 0 aliphatic rings. The van der Waals surface area contributed by atoms with E-state index >= 15 is 0 Å². The van der Waals surface area contributed by atoms with Crippen LogP contribution in [0.15, 0.2) is 66.7 Å². The average molecular weight is 408 g/mol. The standard InChI is InChI=1S/C23H21FN2O4/c1-29-20-14-19(26-23(28)15-8-4-3-5-9-15)21(30-2)13-18(20)25-22(27)12-16-10-6-7-11-17(16)24/h3-11,13-14H,12H2,1-2H3,(H,25,27)(H,26,28). The molecule has 0 saturated heterocycles. The van der Waals surface area contributed by atoms with Gasteiger partial charge in [0.15, 0.2) is 0 Å². The van der Waals surface area contributed by atoms with Gasteiger partial charge in [-0.25, -0.2) is 4.39 Å². The fourth-order valence-corrected chi connectivity index (χ4v) is 2.89. The first-order valence-corrected chi connectivity index (χ1v) is 9.17. The predicted octanol–water partition coefficient (Wildman–Crippen LogP) is 4.28. The molecule has 0 atom stereocenters. The van der Waals surface area contributed by atoms with Crippen LogP contribution >= 0.6 is 0 Å². The minimum atomic E-state index is -0.448. The lowest BCUT2D eigenvalue weighted by molar-refractivity contribution is -0.115. The van der Waals surface area contributed by atoms with Crippen LogP contribution in [0.5, 0.6) is 11.5 Å². The van der Waals surface area contributed by atoms with Crippen molar-refractivity contribution in [1.82, 2.24) is 0 Å². The SMILES string of the molecule is COc1cc(NC(=O)c2ccccc2)c(OC)cc1NC(=O)Cc1ccccc1F. The Hall–Kier alpha value is -3.87. The van der Waals surface area contributed by atoms with Crippen LogP contribution in [0.1, 0.15) is 15.9 Å². The maximum Gasteiger partial charge on any atom is 0.255 e. The van der Waals surface area contributed by atoms with Crippen molar-refractivity contribution in [3.05, 3.63) is 83.7 Å². The minimum Gasteiger partial charge on any atom is -0.494 e. The van der Waals surface area contributed by atoms with Crippen molar-refractivity contribution in [3.63, 3.8) is 0 Å². The largest absolute Gasteiger partial charge is 0.494 e. The quantitative estimate of drug-likeness (QED) is 0.612. The third kappa shape index (κ3) is 4.94. The summed E-state index contributed by atoms with van der Waals surface area (Å²) >= 11 is 0. The number of nitrogens with one attached hydrogen (secondary N) is 2. The summed E-state index contributed by atoms with van der Waals surface area (Å²) in [5.41, 5.74) is 1.50. The number of benzene rings is 3. The molecule has 0 spiro atoms. The summed E-state index contributed by atoms with van der Waals surface area (Å²) in [6.45, 7) is 0. The summed E-state index contributed by atoms with van der Waals surface area (Å²) in [4.78, 5) is 24.9. The Bertz CT molecular complexity index is 1050. The molecule has 2 N–H and O–H groups in total. The molecule has 0 heterocycles. The second-order valence-corrected chi connectivity index (χ2v) is 6.39. The van der Waals surface area contributed by atoms with Crippen LogP contribution in [-0.2, 0) is 11.2 Å². The number of anilines is 2. The Labute approximate surface area is 173 Å². The van der Waals surface area contributed by atoms with Gasteiger partial charge in [0.05, 0.1) is 32.0 Å². The summed E-state index contributed by atoms with van der Waals surface area (Å²) in [5, 5.41) is 5.47. The van der Waals surface area contributed by atoms with Crippen molar-refractivity contribution in [2.75, 3.05) is 24.9 Å². The Morgan fingerprint density at radius 3 is 2.00 bits per heavy atom. The molecule has 6 nitrogen and oxygen atoms in total. The summed E-state index contributed by atoms with van der Waals surface area (Å²) < 4.78 is 24.5. The molecule has 7 heteroatoms. The molecule has 0 unspecified atom stereocenters. The molecule has 0 aromatic heterocycles. The highest BCUT2D eigenvalue weighted by Gasteiger charge is 2.17. The van der Waals surface area contributed by atoms with E-state index in [1.807, 2.05) is 6.07 Å². The van der Waals surface area contributed by atoms with Crippen molar-refractivity contribution < 1.29 is 23.5 Å². The van der Waals surface area contributed by atoms with Gasteiger partial charge in [-0.2, -0.15) is 0 Å². The molecule has 0 fully saturated rings. The maximum absolute atomic E-state index is 13.8. The third-order valence-electron chi connectivity index (χ3n) is 4.39. The van der Waals surface area contributed by atoms with Gasteiger partial charge < -0.3 is 20.1 Å². The fourth-order valence-electron chi connectivity index (χ4n) is 2.89. The second kappa shape index (κ2) is 9.56. The van der Waals surface area contributed by atoms with Crippen molar-refractivity contribution >= 4 is 23.2 Å². The van der Waals surface area contributed by atoms with Gasteiger partial charge in [-0.1, -0.05) is 36.4 Å². The van der Waals surface area contributed by atoms with Crippen LogP contribution in [0.25, 0.3) is 0 Å². The monoisotopic (exact) mass is 408 g/mol. The Balaban J connectivity index is 1.81. The first kappa shape index (κ1) is 20.9. The van der Waals surface area contributed by atoms with Gasteiger partial charge in [0.2, 0.25) is 5.91 Å². The Morgan fingerprint density at radius 2 is 1.40 bits per heavy atom. The van der Waals surface area contributed by atoms with Crippen LogP contribution < -0.4 is 20.1 Å². The van der Waals surface area contributed by atoms with E-state index in [0.29, 0.717) is 28.4 Å². The lowest BCUT2D eigenvalue weighted by Gasteiger charge is -2.16. The van der Waals surface area contributed by atoms with E-state index in [4.69, 9.17) is 9.47 Å². The summed E-state index contributed by atoms with van der Waals surface area (Å²) in [6, 6.07) is 17.9. The third-order valence-corrected chi connectivity index (χ3v) is 4.39. The zero-order valence-electron chi connectivity index (χ0n) is 16.6. The highest BCUT2D eigenvalue weighted by molar-refractivity contribution is 6.05. The average Bonchev–Trinajstić information content (AvgIpc) is 2.76. The molecular formula is C23H21FN2O4. The van der Waals surface area contributed by atoms with Gasteiger partial charge in [-0.3, -0.25) is 9.59 Å². The minimum absolute atomic E-state index is 0.134. The second-order valence-electron chi connectivity index (χ2n) is 6.39. The van der Waals surface area contributed by atoms with E-state index in [1.165, 1.54) is 20.3 Å². The number of carbonyl (C=O) groups excluding carboxylic acids is 2. The van der Waals surface area contributed by atoms with Crippen LogP contribution in [0.4, 0.5) is 15.8 Å². The van der Waals surface area contributed by atoms with Gasteiger partial charge >= 0.3 is 0 Å². The van der Waals surface area contributed by atoms with Gasteiger partial charge in [-0.05, 0) is 23.8 Å². The number of amides is 2. The number of rotatable bonds is 7. The van der Waals surface area contributed by atoms with E-state index in [-0.39, 0.29) is 17.9 Å². The Morgan fingerprint density at radius 1 is 0.833 bits per heavy atom. The molecular weight excluding hydrogens is 387 g/mol. The molecule has 0 aliphatic heterocycles. The number of hydrogen-bond donors (Lipinski definition) is 2.